The Hall–Kier alpha value is -6.41. The maximum atomic E-state index is 14.3. The molecule has 0 radical (unpaired) electrons. The molecule has 59 nitrogen and oxygen atoms in total. The third-order valence-corrected chi connectivity index (χ3v) is 25.4. The number of aliphatic hydroxyl groups excluding tert-OH is 26. The predicted molar refractivity (Wildman–Crippen MR) is 481 cm³/mol. The molecule has 0 bridgehead atoms. The number of carboxylic acids is 1. The monoisotopic (exact) mass is 2120 g/mol. The van der Waals surface area contributed by atoms with Gasteiger partial charge in [0.25, 0.3) is 0 Å². The predicted octanol–water partition coefficient (Wildman–Crippen LogP) is -18.2. The molecule has 146 heavy (non-hydrogen) atoms. The van der Waals surface area contributed by atoms with Gasteiger partial charge in [0.1, 0.15) is 177 Å². The number of hydrogen-bond acceptors (Lipinski definition) is 50. The topological polar surface area (TPSA) is 911 Å². The minimum absolute atomic E-state index is 0.0110. The van der Waals surface area contributed by atoms with Gasteiger partial charge in [0, 0.05) is 91.0 Å². The first-order valence-corrected chi connectivity index (χ1v) is 49.0. The maximum Gasteiger partial charge on any atom is 0.303 e. The van der Waals surface area contributed by atoms with Crippen LogP contribution in [0.15, 0.2) is 0 Å². The highest BCUT2D eigenvalue weighted by Crippen LogP contribution is 2.34. The molecule has 0 aliphatic carbocycles. The third kappa shape index (κ3) is 39.6. The highest BCUT2D eigenvalue weighted by molar-refractivity contribution is 5.90. The number of carboxylic acid groups (broad SMARTS) is 1. The van der Waals surface area contributed by atoms with Crippen LogP contribution < -0.4 is 31.9 Å². The van der Waals surface area contributed by atoms with Crippen molar-refractivity contribution in [2.45, 2.75) is 337 Å². The van der Waals surface area contributed by atoms with Gasteiger partial charge in [0.05, 0.1) is 98.9 Å². The summed E-state index contributed by atoms with van der Waals surface area (Å²) in [6, 6.07) is -1.49. The lowest BCUT2D eigenvalue weighted by molar-refractivity contribution is -0.366. The summed E-state index contributed by atoms with van der Waals surface area (Å²) in [5.41, 5.74) is 0. The van der Waals surface area contributed by atoms with Crippen molar-refractivity contribution in [1.29, 1.82) is 0 Å². The van der Waals surface area contributed by atoms with Gasteiger partial charge in [-0.05, 0) is 57.8 Å². The average Bonchev–Trinajstić information content (AvgIpc) is 0.789. The van der Waals surface area contributed by atoms with Gasteiger partial charge < -0.3 is 246 Å². The molecule has 0 saturated carbocycles. The highest BCUT2D eigenvalue weighted by atomic mass is 16.8. The van der Waals surface area contributed by atoms with Crippen molar-refractivity contribution < 1.29 is 247 Å². The van der Waals surface area contributed by atoms with E-state index in [1.54, 1.807) is 0 Å². The molecule has 8 amide bonds. The van der Waals surface area contributed by atoms with Crippen molar-refractivity contribution in [3.05, 3.63) is 0 Å². The molecule has 0 aromatic rings. The molecule has 7 heterocycles. The molecule has 36 atom stereocenters. The molecule has 0 aromatic carbocycles. The smallest absolute Gasteiger partial charge is 0.303 e. The second kappa shape index (κ2) is 65.9. The van der Waals surface area contributed by atoms with Crippen LogP contribution in [0, 0.1) is 0 Å². The second-order valence-corrected chi connectivity index (χ2v) is 36.4. The molecule has 0 aromatic heterocycles. The molecular weight excluding hydrogens is 1970 g/mol. The number of nitrogens with zero attached hydrogens (tertiary/aromatic N) is 3. The Morgan fingerprint density at radius 3 is 0.918 bits per heavy atom. The number of aliphatic hydroxyl groups is 26. The largest absolute Gasteiger partial charge is 0.481 e. The van der Waals surface area contributed by atoms with Gasteiger partial charge in [-0.15, -0.1) is 0 Å². The summed E-state index contributed by atoms with van der Waals surface area (Å²) in [6.45, 7) is -10.3. The van der Waals surface area contributed by atoms with E-state index in [4.69, 9.17) is 71.4 Å². The third-order valence-electron chi connectivity index (χ3n) is 25.4. The van der Waals surface area contributed by atoms with E-state index in [2.05, 4.69) is 31.9 Å². The van der Waals surface area contributed by atoms with E-state index in [1.165, 1.54) is 9.80 Å². The number of carbonyl (C=O) groups is 9. The molecule has 7 aliphatic heterocycles. The Morgan fingerprint density at radius 2 is 0.555 bits per heavy atom. The fourth-order valence-electron chi connectivity index (χ4n) is 16.6. The van der Waals surface area contributed by atoms with Crippen molar-refractivity contribution in [3.63, 3.8) is 0 Å². The first-order valence-electron chi connectivity index (χ1n) is 49.0. The molecule has 33 N–H and O–H groups in total. The van der Waals surface area contributed by atoms with Crippen LogP contribution in [0.1, 0.15) is 116 Å². The number of amides is 8. The van der Waals surface area contributed by atoms with Crippen molar-refractivity contribution >= 4 is 53.2 Å². The Morgan fingerprint density at radius 1 is 0.267 bits per heavy atom. The van der Waals surface area contributed by atoms with Gasteiger partial charge in [0.2, 0.25) is 47.3 Å². The number of hydrogen-bond donors (Lipinski definition) is 33. The van der Waals surface area contributed by atoms with Gasteiger partial charge in [-0.3, -0.25) is 48.1 Å². The molecule has 846 valence electrons. The summed E-state index contributed by atoms with van der Waals surface area (Å²) in [5.74, 6) is -6.22. The molecule has 0 unspecified atom stereocenters. The molecule has 59 heteroatoms. The van der Waals surface area contributed by atoms with Gasteiger partial charge in [-0.25, -0.2) is 0 Å². The summed E-state index contributed by atoms with van der Waals surface area (Å²) in [4.78, 5) is 125. The maximum absolute atomic E-state index is 14.3. The van der Waals surface area contributed by atoms with Crippen LogP contribution in [-0.2, 0) is 109 Å². The zero-order valence-corrected chi connectivity index (χ0v) is 80.8. The van der Waals surface area contributed by atoms with Crippen LogP contribution in [0.2, 0.25) is 0 Å². The minimum Gasteiger partial charge on any atom is -0.481 e. The number of unbranched alkanes of at least 4 members (excludes halogenated alkanes) is 8. The van der Waals surface area contributed by atoms with E-state index >= 15 is 0 Å². The van der Waals surface area contributed by atoms with Gasteiger partial charge in [-0.1, -0.05) is 25.7 Å². The zero-order chi connectivity index (χ0) is 108. The summed E-state index contributed by atoms with van der Waals surface area (Å²) in [5, 5.41) is 294. The summed E-state index contributed by atoms with van der Waals surface area (Å²) < 4.78 is 77.8. The standard InChI is InChI=1S/C87H153N9O50/c97-36-44-59(112)66(119)72(125)81(139-44)134-29-24-95(25-30-135-82-73(126)67(120)60(113)45(37-98)140-82)56(108)14-6-2-10-19-88-52(104)18-17-43(80(132)92-22-12-3-7-15-57(109)96(26-31-136-83-74(127)68(121)61(114)46(38-99)141-83)27-32-137-84-75(128)69(122)62(115)47(39-100)142-84)93-55(107)35-94(34-54(106)90-21-11-4-8-16-58(110)111)33-53(105)89-20-9-1-5-13-51(103)91-23-28-133-86-78(131)79(146-87-77(130)71(124)64(117)49(41-102)144-87)65(118)50(145-86)42-138-85-76(129)70(123)63(116)48(40-101)143-85/h43-50,59-79,81-87,97-102,112-131H,1-42H2,(H,88,104)(H,89,105)(H,90,106)(H,91,103)(H,92,132)(H,93,107)(H,110,111)/t43-,44+,45+,46+,47+,48+,49+,50+,59+,60+,61+,62+,63+,64+,65+,66-,67-,68-,69-,70-,71-,72-,73-,74-,75-,76-,77-,78+,79-,81-,82-,83-,84-,85-,86+,87+/m0/s1. The lowest BCUT2D eigenvalue weighted by Crippen LogP contribution is -2.65. The number of rotatable bonds is 66. The van der Waals surface area contributed by atoms with Gasteiger partial charge in [0.15, 0.2) is 44.0 Å². The second-order valence-electron chi connectivity index (χ2n) is 36.4. The summed E-state index contributed by atoms with van der Waals surface area (Å²) >= 11 is 0. The average molecular weight is 2130 g/mol. The number of aliphatic carboxylic acids is 1. The van der Waals surface area contributed by atoms with Crippen LogP contribution in [0.5, 0.6) is 0 Å². The van der Waals surface area contributed by atoms with E-state index in [1.807, 2.05) is 0 Å². The lowest BCUT2D eigenvalue weighted by atomic mass is 9.96. The van der Waals surface area contributed by atoms with E-state index < -0.39 is 353 Å². The van der Waals surface area contributed by atoms with Crippen molar-refractivity contribution in [1.82, 2.24) is 46.6 Å². The molecule has 7 rings (SSSR count). The van der Waals surface area contributed by atoms with Crippen LogP contribution in [0.4, 0.5) is 0 Å². The number of nitrogens with one attached hydrogen (secondary N) is 6. The minimum atomic E-state index is -2.01. The van der Waals surface area contributed by atoms with Gasteiger partial charge in [-0.2, -0.15) is 0 Å². The van der Waals surface area contributed by atoms with E-state index in [9.17, 15) is 176 Å². The van der Waals surface area contributed by atoms with Crippen LogP contribution >= 0.6 is 0 Å². The Bertz CT molecular complexity index is 3710. The fraction of sp³-hybridized carbons (Fsp3) is 0.897. The van der Waals surface area contributed by atoms with E-state index in [0.717, 1.165) is 4.90 Å². The van der Waals surface area contributed by atoms with E-state index in [-0.39, 0.29) is 162 Å². The summed E-state index contributed by atoms with van der Waals surface area (Å²) in [6.07, 6.45) is -57.4. The lowest BCUT2D eigenvalue weighted by Gasteiger charge is -2.46. The quantitative estimate of drug-likeness (QED) is 0.0251. The normalized spacial score (nSPS) is 34.0. The summed E-state index contributed by atoms with van der Waals surface area (Å²) in [7, 11) is 0. The Kier molecular flexibility index (Phi) is 57.1. The van der Waals surface area contributed by atoms with Crippen molar-refractivity contribution in [2.24, 2.45) is 0 Å². The molecule has 7 fully saturated rings. The van der Waals surface area contributed by atoms with Crippen LogP contribution in [-0.4, -0.2) is 585 Å². The first kappa shape index (κ1) is 126. The Labute approximate surface area is 838 Å². The number of ether oxygens (including phenoxy) is 14. The van der Waals surface area contributed by atoms with Gasteiger partial charge >= 0.3 is 5.97 Å². The van der Waals surface area contributed by atoms with Crippen LogP contribution in [0.3, 0.4) is 0 Å². The Balaban J connectivity index is 0.956. The highest BCUT2D eigenvalue weighted by Gasteiger charge is 2.54. The van der Waals surface area contributed by atoms with Crippen LogP contribution in [0.25, 0.3) is 0 Å². The molecule has 7 aliphatic rings. The van der Waals surface area contributed by atoms with E-state index in [0.29, 0.717) is 32.1 Å². The number of carbonyl (C=O) groups excluding carboxylic acids is 8. The molecule has 0 spiro atoms. The molecule has 7 saturated heterocycles. The molecular formula is C87H153N9O50. The van der Waals surface area contributed by atoms with Crippen molar-refractivity contribution in [2.75, 3.05) is 158 Å². The SMILES string of the molecule is O=C(O)CCCCCNC(=O)CN(CC(=O)NCCCCCC(=O)NCCO[C@@H]1O[C@H](CO[C@H]2O[C@H](CO)[C@@H](O)[C@H](O)[C@@H]2O)[C@@H](O)[C@H](O[C@H]2O[C@H](CO)[C@@H](O)[C@H](O)[C@@H]2O)[C@H]1O)CC(=O)N[C@@H](CCC(=O)NCCCCCC(=O)N(CCO[C@H]1O[C@H](CO)[C@@H](O)[C@H](O)[C@@H]1O)CCO[C@H]1O[C@H](CO)[C@@H](O)[C@H](O)[C@@H]1O)C(=O)NCCCCCC(=O)N(CCO[C@H]1O[C@H](CO)[C@@H](O)[C@H](O)[C@@H]1O)CCO[C@H]1O[C@H](CO)[C@@H](O)[C@H](O)[C@@H]1O. The fourth-order valence-corrected chi connectivity index (χ4v) is 16.6. The van der Waals surface area contributed by atoms with Crippen molar-refractivity contribution in [3.8, 4) is 0 Å². The first-order chi connectivity index (χ1) is 69.6. The zero-order valence-electron chi connectivity index (χ0n) is 80.8.